The average Bonchev–Trinajstić information content (AvgIpc) is 3.23. The van der Waals surface area contributed by atoms with Gasteiger partial charge in [0.15, 0.2) is 0 Å². The van der Waals surface area contributed by atoms with Crippen molar-refractivity contribution in [3.8, 4) is 0 Å². The first-order chi connectivity index (χ1) is 9.32. The lowest BCUT2D eigenvalue weighted by Crippen LogP contribution is -2.57. The van der Waals surface area contributed by atoms with E-state index >= 15 is 0 Å². The van der Waals surface area contributed by atoms with E-state index in [2.05, 4.69) is 11.5 Å². The van der Waals surface area contributed by atoms with Gasteiger partial charge in [-0.1, -0.05) is 6.08 Å². The van der Waals surface area contributed by atoms with Crippen LogP contribution in [0, 0.1) is 11.3 Å². The summed E-state index contributed by atoms with van der Waals surface area (Å²) in [5.41, 5.74) is 0.244. The molecular weight excluding hydrogens is 238 g/mol. The average molecular weight is 265 g/mol. The van der Waals surface area contributed by atoms with E-state index in [0.29, 0.717) is 12.7 Å². The van der Waals surface area contributed by atoms with Crippen molar-refractivity contribution in [1.82, 2.24) is 4.90 Å². The molecule has 108 valence electrons. The number of likely N-dealkylation sites (tertiary alicyclic amines) is 1. The zero-order valence-electron chi connectivity index (χ0n) is 12.0. The summed E-state index contributed by atoms with van der Waals surface area (Å²) in [6, 6.07) is 0. The fourth-order valence-electron chi connectivity index (χ4n) is 3.76. The van der Waals surface area contributed by atoms with Crippen molar-refractivity contribution in [2.24, 2.45) is 11.3 Å². The zero-order chi connectivity index (χ0) is 13.1. The van der Waals surface area contributed by atoms with Gasteiger partial charge in [0, 0.05) is 31.7 Å². The molecule has 0 unspecified atom stereocenters. The van der Waals surface area contributed by atoms with Gasteiger partial charge in [0.25, 0.3) is 0 Å². The standard InChI is InChI=1S/C16H27NO2/c1-2-9-18-13-16-7-3-10-19-15(16)6-8-17(12-16)11-14-4-5-14/h2,14-15H,1,3-13H2/t15-,16-/m1/s1. The molecule has 2 heterocycles. The summed E-state index contributed by atoms with van der Waals surface area (Å²) < 4.78 is 11.9. The zero-order valence-corrected chi connectivity index (χ0v) is 12.0. The molecule has 0 spiro atoms. The maximum absolute atomic E-state index is 6.05. The Hall–Kier alpha value is -0.380. The van der Waals surface area contributed by atoms with Gasteiger partial charge in [0.05, 0.1) is 19.3 Å². The Morgan fingerprint density at radius 3 is 3.05 bits per heavy atom. The van der Waals surface area contributed by atoms with Gasteiger partial charge in [-0.25, -0.2) is 0 Å². The lowest BCUT2D eigenvalue weighted by Gasteiger charge is -2.50. The third kappa shape index (κ3) is 3.21. The van der Waals surface area contributed by atoms with Gasteiger partial charge in [-0.05, 0) is 38.0 Å². The maximum atomic E-state index is 6.05. The minimum Gasteiger partial charge on any atom is -0.377 e. The molecule has 1 aliphatic carbocycles. The van der Waals surface area contributed by atoms with Gasteiger partial charge in [0.2, 0.25) is 0 Å². The fraction of sp³-hybridized carbons (Fsp3) is 0.875. The number of rotatable bonds is 6. The summed E-state index contributed by atoms with van der Waals surface area (Å²) in [6.45, 7) is 9.87. The van der Waals surface area contributed by atoms with Crippen molar-refractivity contribution in [3.05, 3.63) is 12.7 Å². The second kappa shape index (κ2) is 5.94. The van der Waals surface area contributed by atoms with E-state index in [1.807, 2.05) is 6.08 Å². The number of ether oxygens (including phenoxy) is 2. The predicted octanol–water partition coefficient (Wildman–Crippen LogP) is 2.47. The van der Waals surface area contributed by atoms with Crippen molar-refractivity contribution in [2.45, 2.75) is 38.2 Å². The van der Waals surface area contributed by atoms with E-state index in [1.54, 1.807) is 0 Å². The molecule has 2 saturated heterocycles. The lowest BCUT2D eigenvalue weighted by atomic mass is 9.73. The van der Waals surface area contributed by atoms with Crippen LogP contribution in [-0.2, 0) is 9.47 Å². The lowest BCUT2D eigenvalue weighted by molar-refractivity contribution is -0.151. The van der Waals surface area contributed by atoms with Crippen molar-refractivity contribution in [2.75, 3.05) is 39.5 Å². The monoisotopic (exact) mass is 265 g/mol. The largest absolute Gasteiger partial charge is 0.377 e. The normalized spacial score (nSPS) is 35.9. The highest BCUT2D eigenvalue weighted by atomic mass is 16.5. The summed E-state index contributed by atoms with van der Waals surface area (Å²) in [5, 5.41) is 0. The number of piperidine rings is 1. The molecule has 0 aromatic rings. The first kappa shape index (κ1) is 13.6. The Bertz CT molecular complexity index is 316. The predicted molar refractivity (Wildman–Crippen MR) is 76.2 cm³/mol. The molecule has 3 heteroatoms. The molecule has 0 aromatic carbocycles. The van der Waals surface area contributed by atoms with Gasteiger partial charge in [0.1, 0.15) is 0 Å². The Balaban J connectivity index is 1.63. The smallest absolute Gasteiger partial charge is 0.0677 e. The molecule has 0 aromatic heterocycles. The third-order valence-electron chi connectivity index (χ3n) is 4.91. The van der Waals surface area contributed by atoms with Gasteiger partial charge in [-0.3, -0.25) is 0 Å². The summed E-state index contributed by atoms with van der Waals surface area (Å²) in [5.74, 6) is 0.979. The molecule has 2 atom stereocenters. The van der Waals surface area contributed by atoms with Crippen molar-refractivity contribution >= 4 is 0 Å². The summed E-state index contributed by atoms with van der Waals surface area (Å²) in [4.78, 5) is 2.67. The van der Waals surface area contributed by atoms with Crippen LogP contribution in [0.5, 0.6) is 0 Å². The SMILES string of the molecule is C=CCOC[C@]12CCCO[C@@H]1CCN(CC1CC1)C2. The summed E-state index contributed by atoms with van der Waals surface area (Å²) in [6.07, 6.45) is 8.78. The second-order valence-electron chi connectivity index (χ2n) is 6.60. The molecule has 0 N–H and O–H groups in total. The topological polar surface area (TPSA) is 21.7 Å². The van der Waals surface area contributed by atoms with Crippen LogP contribution >= 0.6 is 0 Å². The Morgan fingerprint density at radius 2 is 2.26 bits per heavy atom. The van der Waals surface area contributed by atoms with Crippen LogP contribution in [0.3, 0.4) is 0 Å². The van der Waals surface area contributed by atoms with Crippen molar-refractivity contribution in [1.29, 1.82) is 0 Å². The van der Waals surface area contributed by atoms with Gasteiger partial charge in [-0.15, -0.1) is 6.58 Å². The minimum absolute atomic E-state index is 0.244. The van der Waals surface area contributed by atoms with Crippen LogP contribution < -0.4 is 0 Å². The Labute approximate surface area is 116 Å². The van der Waals surface area contributed by atoms with E-state index < -0.39 is 0 Å². The fourth-order valence-corrected chi connectivity index (χ4v) is 3.76. The maximum Gasteiger partial charge on any atom is 0.0677 e. The first-order valence-corrected chi connectivity index (χ1v) is 7.85. The summed E-state index contributed by atoms with van der Waals surface area (Å²) >= 11 is 0. The highest BCUT2D eigenvalue weighted by Crippen LogP contribution is 2.41. The number of hydrogen-bond donors (Lipinski definition) is 0. The van der Waals surface area contributed by atoms with E-state index in [1.165, 1.54) is 51.7 Å². The number of hydrogen-bond acceptors (Lipinski definition) is 3. The molecule has 19 heavy (non-hydrogen) atoms. The molecule has 3 nitrogen and oxygen atoms in total. The van der Waals surface area contributed by atoms with Crippen LogP contribution in [0.2, 0.25) is 0 Å². The van der Waals surface area contributed by atoms with Gasteiger partial charge in [-0.2, -0.15) is 0 Å². The van der Waals surface area contributed by atoms with Crippen LogP contribution in [0.4, 0.5) is 0 Å². The molecular formula is C16H27NO2. The Morgan fingerprint density at radius 1 is 1.37 bits per heavy atom. The minimum atomic E-state index is 0.244. The molecule has 0 amide bonds. The van der Waals surface area contributed by atoms with E-state index in [0.717, 1.165) is 19.1 Å². The van der Waals surface area contributed by atoms with E-state index in [4.69, 9.17) is 9.47 Å². The highest BCUT2D eigenvalue weighted by molar-refractivity contribution is 4.97. The number of fused-ring (bicyclic) bond motifs is 1. The molecule has 2 aliphatic heterocycles. The van der Waals surface area contributed by atoms with Gasteiger partial charge < -0.3 is 14.4 Å². The first-order valence-electron chi connectivity index (χ1n) is 7.85. The van der Waals surface area contributed by atoms with Crippen molar-refractivity contribution in [3.63, 3.8) is 0 Å². The van der Waals surface area contributed by atoms with Crippen LogP contribution in [-0.4, -0.2) is 50.5 Å². The third-order valence-corrected chi connectivity index (χ3v) is 4.91. The molecule has 0 radical (unpaired) electrons. The number of nitrogens with zero attached hydrogens (tertiary/aromatic N) is 1. The molecule has 1 saturated carbocycles. The van der Waals surface area contributed by atoms with E-state index in [9.17, 15) is 0 Å². The molecule has 3 aliphatic rings. The second-order valence-corrected chi connectivity index (χ2v) is 6.60. The van der Waals surface area contributed by atoms with Crippen LogP contribution in [0.15, 0.2) is 12.7 Å². The molecule has 0 bridgehead atoms. The van der Waals surface area contributed by atoms with Crippen molar-refractivity contribution < 1.29 is 9.47 Å². The van der Waals surface area contributed by atoms with Gasteiger partial charge >= 0.3 is 0 Å². The molecule has 3 fully saturated rings. The van der Waals surface area contributed by atoms with E-state index in [-0.39, 0.29) is 5.41 Å². The molecule has 3 rings (SSSR count). The van der Waals surface area contributed by atoms with Crippen LogP contribution in [0.1, 0.15) is 32.1 Å². The van der Waals surface area contributed by atoms with Crippen LogP contribution in [0.25, 0.3) is 0 Å². The summed E-state index contributed by atoms with van der Waals surface area (Å²) in [7, 11) is 0. The highest BCUT2D eigenvalue weighted by Gasteiger charge is 2.46. The Kier molecular flexibility index (Phi) is 4.25. The quantitative estimate of drug-likeness (QED) is 0.544.